The fraction of sp³-hybridized carbons (Fsp3) is 0.955. The Morgan fingerprint density at radius 3 is 1.40 bits per heavy atom. The number of nitrogens with two attached hydrogens (primary N) is 1. The molecule has 316 valence electrons. The van der Waals surface area contributed by atoms with Crippen LogP contribution in [-0.4, -0.2) is 68.0 Å². The Hall–Kier alpha value is -1.22. The van der Waals surface area contributed by atoms with E-state index in [0.29, 0.717) is 26.0 Å². The first kappa shape index (κ1) is 52.9. The van der Waals surface area contributed by atoms with Crippen LogP contribution in [0.25, 0.3) is 0 Å². The Balaban J connectivity index is -0.00000307. The largest absolute Gasteiger partial charge is 0.466 e. The van der Waals surface area contributed by atoms with E-state index >= 15 is 0 Å². The van der Waals surface area contributed by atoms with Crippen molar-refractivity contribution >= 4 is 11.9 Å². The van der Waals surface area contributed by atoms with Crippen LogP contribution in [0.4, 0.5) is 0 Å². The maximum Gasteiger partial charge on any atom is 0.306 e. The maximum absolute atomic E-state index is 12.7. The zero-order valence-electron chi connectivity index (χ0n) is 35.3. The third-order valence-electron chi connectivity index (χ3n) is 10.0. The minimum atomic E-state index is -0.0295. The summed E-state index contributed by atoms with van der Waals surface area (Å²) in [6.45, 7) is 11.1. The Morgan fingerprint density at radius 1 is 0.538 bits per heavy atom. The molecule has 0 rings (SSSR count). The highest BCUT2D eigenvalue weighted by molar-refractivity contribution is 5.69. The topological polar surface area (TPSA) is 114 Å². The first-order valence-electron chi connectivity index (χ1n) is 22.6. The number of esters is 2. The van der Waals surface area contributed by atoms with Gasteiger partial charge in [0, 0.05) is 22.2 Å². The molecular formula is C44H95N3O5. The fourth-order valence-corrected chi connectivity index (χ4v) is 6.76. The Morgan fingerprint density at radius 2 is 0.923 bits per heavy atom. The molecule has 0 aromatic rings. The van der Waals surface area contributed by atoms with E-state index in [1.807, 2.05) is 0 Å². The van der Waals surface area contributed by atoms with E-state index in [2.05, 4.69) is 36.9 Å². The van der Waals surface area contributed by atoms with Crippen molar-refractivity contribution in [2.24, 2.45) is 5.73 Å². The van der Waals surface area contributed by atoms with Gasteiger partial charge in [-0.1, -0.05) is 149 Å². The lowest BCUT2D eigenvalue weighted by Crippen LogP contribution is -2.29. The highest BCUT2D eigenvalue weighted by atomic mass is 16.5. The number of unbranched alkanes of at least 4 members (excludes halogenated alkanes) is 22. The molecule has 0 fully saturated rings. The van der Waals surface area contributed by atoms with Gasteiger partial charge in [0.15, 0.2) is 0 Å². The van der Waals surface area contributed by atoms with Gasteiger partial charge in [-0.15, -0.1) is 0 Å². The molecule has 0 aliphatic heterocycles. The molecule has 0 radical (unpaired) electrons. The summed E-state index contributed by atoms with van der Waals surface area (Å²) in [6.07, 6.45) is 36.6. The van der Waals surface area contributed by atoms with Gasteiger partial charge in [0.05, 0.1) is 6.61 Å². The summed E-state index contributed by atoms with van der Waals surface area (Å²) in [6, 6.07) is 0. The predicted molar refractivity (Wildman–Crippen MR) is 226 cm³/mol. The fourth-order valence-electron chi connectivity index (χ4n) is 6.76. The van der Waals surface area contributed by atoms with Gasteiger partial charge in [-0.3, -0.25) is 9.59 Å². The minimum Gasteiger partial charge on any atom is -0.466 e. The molecule has 0 spiro atoms. The molecule has 8 nitrogen and oxygen atoms in total. The van der Waals surface area contributed by atoms with Crippen LogP contribution in [0.5, 0.6) is 0 Å². The molecular weight excluding hydrogens is 651 g/mol. The number of hydrogen-bond donors (Lipinski definition) is 3. The molecule has 1 unspecified atom stereocenters. The van der Waals surface area contributed by atoms with Gasteiger partial charge in [-0.05, 0) is 90.9 Å². The number of hydroxylamine groups is 1. The SMILES string of the molecule is CCCCCCCCOC(=O)CCCCCCCN(CCCCCCCC(=O)OC(CCCCCCC)CCCCCCCC)CCCNO.CN.[HH].[HH]. The average molecular weight is 746 g/mol. The number of ether oxygens (including phenoxy) is 2. The maximum atomic E-state index is 12.7. The molecule has 0 aliphatic carbocycles. The second-order valence-corrected chi connectivity index (χ2v) is 15.0. The first-order chi connectivity index (χ1) is 25.6. The lowest BCUT2D eigenvalue weighted by Gasteiger charge is -2.22. The molecule has 1 atom stereocenters. The zero-order chi connectivity index (χ0) is 38.6. The van der Waals surface area contributed by atoms with E-state index < -0.39 is 0 Å². The van der Waals surface area contributed by atoms with E-state index in [0.717, 1.165) is 83.8 Å². The zero-order valence-corrected chi connectivity index (χ0v) is 35.3. The summed E-state index contributed by atoms with van der Waals surface area (Å²) in [4.78, 5) is 27.2. The smallest absolute Gasteiger partial charge is 0.306 e. The van der Waals surface area contributed by atoms with Gasteiger partial charge in [-0.2, -0.15) is 0 Å². The highest BCUT2D eigenvalue weighted by Gasteiger charge is 2.14. The number of hydrogen-bond acceptors (Lipinski definition) is 8. The van der Waals surface area contributed by atoms with Gasteiger partial charge in [0.1, 0.15) is 6.10 Å². The predicted octanol–water partition coefficient (Wildman–Crippen LogP) is 12.3. The second-order valence-electron chi connectivity index (χ2n) is 15.0. The van der Waals surface area contributed by atoms with Crippen molar-refractivity contribution in [2.75, 3.05) is 39.8 Å². The van der Waals surface area contributed by atoms with Crippen LogP contribution in [0.15, 0.2) is 0 Å². The van der Waals surface area contributed by atoms with Gasteiger partial charge >= 0.3 is 11.9 Å². The van der Waals surface area contributed by atoms with Crippen molar-refractivity contribution in [3.8, 4) is 0 Å². The highest BCUT2D eigenvalue weighted by Crippen LogP contribution is 2.18. The molecule has 4 N–H and O–H groups in total. The van der Waals surface area contributed by atoms with Gasteiger partial charge in [-0.25, -0.2) is 5.48 Å². The van der Waals surface area contributed by atoms with Crippen LogP contribution in [-0.2, 0) is 19.1 Å². The Bertz CT molecular complexity index is 724. The van der Waals surface area contributed by atoms with Crippen molar-refractivity contribution in [3.05, 3.63) is 0 Å². The van der Waals surface area contributed by atoms with Gasteiger partial charge in [0.2, 0.25) is 0 Å². The van der Waals surface area contributed by atoms with Crippen molar-refractivity contribution in [1.82, 2.24) is 10.4 Å². The summed E-state index contributed by atoms with van der Waals surface area (Å²) >= 11 is 0. The quantitative estimate of drug-likeness (QED) is 0.0322. The van der Waals surface area contributed by atoms with Crippen molar-refractivity contribution in [1.29, 1.82) is 0 Å². The normalized spacial score (nSPS) is 11.8. The average Bonchev–Trinajstić information content (AvgIpc) is 3.15. The van der Waals surface area contributed by atoms with Crippen LogP contribution >= 0.6 is 0 Å². The van der Waals surface area contributed by atoms with Crippen molar-refractivity contribution in [2.45, 2.75) is 232 Å². The van der Waals surface area contributed by atoms with Crippen molar-refractivity contribution < 1.29 is 27.1 Å². The number of rotatable bonds is 41. The lowest BCUT2D eigenvalue weighted by molar-refractivity contribution is -0.150. The number of nitrogens with zero attached hydrogens (tertiary/aromatic N) is 1. The third-order valence-corrected chi connectivity index (χ3v) is 10.0. The molecule has 0 aromatic carbocycles. The minimum absolute atomic E-state index is 0. The summed E-state index contributed by atoms with van der Waals surface area (Å²) in [7, 11) is 1.50. The number of carbonyl (C=O) groups excluding carboxylic acids is 2. The van der Waals surface area contributed by atoms with Gasteiger partial charge in [0.25, 0.3) is 0 Å². The molecule has 0 saturated heterocycles. The molecule has 0 aliphatic rings. The van der Waals surface area contributed by atoms with Crippen LogP contribution in [0, 0.1) is 0 Å². The lowest BCUT2D eigenvalue weighted by atomic mass is 10.0. The van der Waals surface area contributed by atoms with E-state index in [1.165, 1.54) is 135 Å². The van der Waals surface area contributed by atoms with E-state index in [-0.39, 0.29) is 20.9 Å². The summed E-state index contributed by atoms with van der Waals surface area (Å²) in [5.74, 6) is -0.0141. The Kier molecular flexibility index (Phi) is 46.7. The Labute approximate surface area is 326 Å². The van der Waals surface area contributed by atoms with Crippen LogP contribution < -0.4 is 11.2 Å². The van der Waals surface area contributed by atoms with Crippen molar-refractivity contribution in [3.63, 3.8) is 0 Å². The summed E-state index contributed by atoms with van der Waals surface area (Å²) < 4.78 is 11.4. The molecule has 8 heteroatoms. The molecule has 0 bridgehead atoms. The third kappa shape index (κ3) is 41.5. The molecule has 52 heavy (non-hydrogen) atoms. The van der Waals surface area contributed by atoms with E-state index in [9.17, 15) is 9.59 Å². The first-order valence-corrected chi connectivity index (χ1v) is 22.6. The second kappa shape index (κ2) is 45.9. The van der Waals surface area contributed by atoms with Crippen LogP contribution in [0.1, 0.15) is 229 Å². The van der Waals surface area contributed by atoms with Gasteiger partial charge < -0.3 is 25.3 Å². The van der Waals surface area contributed by atoms with Crippen LogP contribution in [0.2, 0.25) is 0 Å². The van der Waals surface area contributed by atoms with Crippen LogP contribution in [0.3, 0.4) is 0 Å². The summed E-state index contributed by atoms with van der Waals surface area (Å²) in [5.41, 5.74) is 6.79. The molecule has 0 heterocycles. The standard InChI is InChI=1S/C43H86N2O5.CH5N.2H2/c1-4-7-10-13-18-25-33-41(32-24-17-12-9-6-3)50-43(47)35-27-20-16-22-29-38-45(39-31-36-44-48)37-28-21-15-19-26-34-42(46)49-40-30-23-14-11-8-5-2;1-2;;/h41,44,48H,4-40H2,1-3H3;2H2,1H3;2*1H. The number of carbonyl (C=O) groups is 2. The number of nitrogens with one attached hydrogen (secondary N) is 1. The van der Waals surface area contributed by atoms with E-state index in [4.69, 9.17) is 14.7 Å². The van der Waals surface area contributed by atoms with E-state index in [1.54, 1.807) is 0 Å². The monoisotopic (exact) mass is 746 g/mol. The summed E-state index contributed by atoms with van der Waals surface area (Å²) in [5, 5.41) is 9.00. The molecule has 0 amide bonds. The molecule has 0 saturated carbocycles. The molecule has 0 aromatic heterocycles.